The van der Waals surface area contributed by atoms with Crippen molar-refractivity contribution in [2.45, 2.75) is 17.8 Å². The van der Waals surface area contributed by atoms with Crippen molar-refractivity contribution in [3.8, 4) is 0 Å². The van der Waals surface area contributed by atoms with Gasteiger partial charge in [0.2, 0.25) is 0 Å². The van der Waals surface area contributed by atoms with Crippen LogP contribution in [0.3, 0.4) is 0 Å². The van der Waals surface area contributed by atoms with Crippen LogP contribution in [0.4, 0.5) is 0 Å². The maximum absolute atomic E-state index is 4.68. The molecule has 0 saturated heterocycles. The maximum atomic E-state index is 4.68. The van der Waals surface area contributed by atoms with E-state index in [-0.39, 0.29) is 0 Å². The lowest BCUT2D eigenvalue weighted by atomic mass is 10.1. The van der Waals surface area contributed by atoms with Gasteiger partial charge in [0.05, 0.1) is 11.0 Å². The average molecular weight is 268 g/mol. The van der Waals surface area contributed by atoms with Crippen molar-refractivity contribution in [1.82, 2.24) is 9.55 Å². The molecule has 96 valence electrons. The summed E-state index contributed by atoms with van der Waals surface area (Å²) < 4.78 is 2.16. The molecule has 0 fully saturated rings. The quantitative estimate of drug-likeness (QED) is 0.663. The third-order valence-corrected chi connectivity index (χ3v) is 4.44. The molecule has 1 aromatic heterocycles. The normalized spacial score (nSPS) is 11.1. The number of aryl methyl sites for hydroxylation is 2. The Labute approximate surface area is 117 Å². The third kappa shape index (κ3) is 2.38. The number of imidazole rings is 1. The Morgan fingerprint density at radius 1 is 1.05 bits per heavy atom. The molecule has 2 aromatic carbocycles. The van der Waals surface area contributed by atoms with E-state index in [1.165, 1.54) is 16.6 Å². The van der Waals surface area contributed by atoms with Gasteiger partial charge in [0, 0.05) is 12.8 Å². The van der Waals surface area contributed by atoms with Gasteiger partial charge in [-0.2, -0.15) is 0 Å². The summed E-state index contributed by atoms with van der Waals surface area (Å²) >= 11 is 1.79. The van der Waals surface area contributed by atoms with E-state index in [0.717, 1.165) is 16.4 Å². The lowest BCUT2D eigenvalue weighted by Crippen LogP contribution is -1.92. The van der Waals surface area contributed by atoms with E-state index >= 15 is 0 Å². The maximum Gasteiger partial charge on any atom is 0.169 e. The molecule has 0 atom stereocenters. The fraction of sp³-hybridized carbons (Fsp3) is 0.188. The smallest absolute Gasteiger partial charge is 0.169 e. The minimum Gasteiger partial charge on any atom is -0.322 e. The molecule has 3 rings (SSSR count). The lowest BCUT2D eigenvalue weighted by Gasteiger charge is -2.05. The second-order valence-corrected chi connectivity index (χ2v) is 5.60. The molecular weight excluding hydrogens is 252 g/mol. The molecule has 0 bridgehead atoms. The number of fused-ring (bicyclic) bond motifs is 1. The van der Waals surface area contributed by atoms with Crippen LogP contribution in [0.2, 0.25) is 0 Å². The zero-order valence-electron chi connectivity index (χ0n) is 11.1. The molecule has 0 aliphatic rings. The highest BCUT2D eigenvalue weighted by molar-refractivity contribution is 7.98. The van der Waals surface area contributed by atoms with Crippen molar-refractivity contribution in [3.05, 3.63) is 59.7 Å². The lowest BCUT2D eigenvalue weighted by molar-refractivity contribution is 0.815. The van der Waals surface area contributed by atoms with Crippen LogP contribution in [-0.4, -0.2) is 9.55 Å². The fourth-order valence-electron chi connectivity index (χ4n) is 2.17. The SMILES string of the molecule is Cc1ccccc1CSc1nc2ccccc2n1C. The molecule has 1 heterocycles. The average Bonchev–Trinajstić information content (AvgIpc) is 2.75. The van der Waals surface area contributed by atoms with Crippen LogP contribution >= 0.6 is 11.8 Å². The molecule has 3 aromatic rings. The zero-order valence-corrected chi connectivity index (χ0v) is 11.9. The number of aromatic nitrogens is 2. The number of nitrogens with zero attached hydrogens (tertiary/aromatic N) is 2. The summed E-state index contributed by atoms with van der Waals surface area (Å²) in [5.41, 5.74) is 4.97. The van der Waals surface area contributed by atoms with Crippen LogP contribution in [0.5, 0.6) is 0 Å². The first kappa shape index (κ1) is 12.3. The predicted molar refractivity (Wildman–Crippen MR) is 81.5 cm³/mol. The van der Waals surface area contributed by atoms with E-state index in [4.69, 9.17) is 0 Å². The molecule has 2 nitrogen and oxygen atoms in total. The van der Waals surface area contributed by atoms with E-state index < -0.39 is 0 Å². The molecule has 0 N–H and O–H groups in total. The topological polar surface area (TPSA) is 17.8 Å². The molecule has 0 radical (unpaired) electrons. The van der Waals surface area contributed by atoms with Gasteiger partial charge >= 0.3 is 0 Å². The Hall–Kier alpha value is -1.74. The van der Waals surface area contributed by atoms with Crippen LogP contribution in [-0.2, 0) is 12.8 Å². The van der Waals surface area contributed by atoms with Gasteiger partial charge in [-0.3, -0.25) is 0 Å². The number of rotatable bonds is 3. The van der Waals surface area contributed by atoms with Crippen molar-refractivity contribution in [2.24, 2.45) is 7.05 Å². The monoisotopic (exact) mass is 268 g/mol. The van der Waals surface area contributed by atoms with Crippen LogP contribution in [0.15, 0.2) is 53.7 Å². The van der Waals surface area contributed by atoms with Gasteiger partial charge in [-0.15, -0.1) is 0 Å². The summed E-state index contributed by atoms with van der Waals surface area (Å²) in [6.45, 7) is 2.16. The highest BCUT2D eigenvalue weighted by atomic mass is 32.2. The number of thioether (sulfide) groups is 1. The van der Waals surface area contributed by atoms with Crippen LogP contribution in [0.25, 0.3) is 11.0 Å². The number of hydrogen-bond donors (Lipinski definition) is 0. The summed E-state index contributed by atoms with van der Waals surface area (Å²) in [5.74, 6) is 0.962. The fourth-order valence-corrected chi connectivity index (χ4v) is 3.23. The van der Waals surface area contributed by atoms with Crippen LogP contribution < -0.4 is 0 Å². The highest BCUT2D eigenvalue weighted by Gasteiger charge is 2.08. The van der Waals surface area contributed by atoms with Crippen molar-refractivity contribution in [3.63, 3.8) is 0 Å². The summed E-state index contributed by atoms with van der Waals surface area (Å²) in [4.78, 5) is 4.68. The first-order valence-electron chi connectivity index (χ1n) is 6.34. The largest absolute Gasteiger partial charge is 0.322 e. The molecule has 0 amide bonds. The van der Waals surface area contributed by atoms with Gasteiger partial charge in [0.1, 0.15) is 0 Å². The van der Waals surface area contributed by atoms with Gasteiger partial charge < -0.3 is 4.57 Å². The van der Waals surface area contributed by atoms with Crippen molar-refractivity contribution < 1.29 is 0 Å². The molecule has 0 unspecified atom stereocenters. The second kappa shape index (κ2) is 5.10. The summed E-state index contributed by atoms with van der Waals surface area (Å²) in [6, 6.07) is 16.8. The van der Waals surface area contributed by atoms with E-state index in [0.29, 0.717) is 0 Å². The van der Waals surface area contributed by atoms with Crippen LogP contribution in [0, 0.1) is 6.92 Å². The minimum atomic E-state index is 0.962. The van der Waals surface area contributed by atoms with Gasteiger partial charge in [0.15, 0.2) is 5.16 Å². The standard InChI is InChI=1S/C16H16N2S/c1-12-7-3-4-8-13(12)11-19-16-17-14-9-5-6-10-15(14)18(16)2/h3-10H,11H2,1-2H3. The van der Waals surface area contributed by atoms with Crippen molar-refractivity contribution in [2.75, 3.05) is 0 Å². The summed E-state index contributed by atoms with van der Waals surface area (Å²) in [6.07, 6.45) is 0. The highest BCUT2D eigenvalue weighted by Crippen LogP contribution is 2.26. The Morgan fingerprint density at radius 3 is 2.58 bits per heavy atom. The number of benzene rings is 2. The zero-order chi connectivity index (χ0) is 13.2. The number of para-hydroxylation sites is 2. The minimum absolute atomic E-state index is 0.962. The van der Waals surface area contributed by atoms with Gasteiger partial charge in [-0.25, -0.2) is 4.98 Å². The first-order chi connectivity index (χ1) is 9.25. The van der Waals surface area contributed by atoms with Crippen molar-refractivity contribution in [1.29, 1.82) is 0 Å². The van der Waals surface area contributed by atoms with Gasteiger partial charge in [-0.1, -0.05) is 48.2 Å². The van der Waals surface area contributed by atoms with E-state index in [1.807, 2.05) is 6.07 Å². The summed E-state index contributed by atoms with van der Waals surface area (Å²) in [5, 5.41) is 1.07. The van der Waals surface area contributed by atoms with Crippen LogP contribution in [0.1, 0.15) is 11.1 Å². The molecule has 0 aliphatic carbocycles. The Bertz CT molecular complexity index is 716. The Morgan fingerprint density at radius 2 is 1.79 bits per heavy atom. The van der Waals surface area contributed by atoms with E-state index in [1.54, 1.807) is 11.8 Å². The molecule has 19 heavy (non-hydrogen) atoms. The van der Waals surface area contributed by atoms with E-state index in [9.17, 15) is 0 Å². The Balaban J connectivity index is 1.86. The number of hydrogen-bond acceptors (Lipinski definition) is 2. The van der Waals surface area contributed by atoms with E-state index in [2.05, 4.69) is 66.0 Å². The predicted octanol–water partition coefficient (Wildman–Crippen LogP) is 4.17. The van der Waals surface area contributed by atoms with Gasteiger partial charge in [0.25, 0.3) is 0 Å². The molecular formula is C16H16N2S. The van der Waals surface area contributed by atoms with Crippen molar-refractivity contribution >= 4 is 22.8 Å². The van der Waals surface area contributed by atoms with Gasteiger partial charge in [-0.05, 0) is 30.2 Å². The second-order valence-electron chi connectivity index (χ2n) is 4.66. The first-order valence-corrected chi connectivity index (χ1v) is 7.33. The molecule has 0 spiro atoms. The molecule has 0 aliphatic heterocycles. The third-order valence-electron chi connectivity index (χ3n) is 3.36. The molecule has 3 heteroatoms. The Kier molecular flexibility index (Phi) is 3.30. The summed E-state index contributed by atoms with van der Waals surface area (Å²) in [7, 11) is 2.08. The molecule has 0 saturated carbocycles.